The molecular formula is C12H22N2O. The molecule has 0 aromatic carbocycles. The maximum absolute atomic E-state index is 9.93. The quantitative estimate of drug-likeness (QED) is 0.769. The highest BCUT2D eigenvalue weighted by Crippen LogP contribution is 2.23. The Morgan fingerprint density at radius 1 is 1.47 bits per heavy atom. The van der Waals surface area contributed by atoms with Gasteiger partial charge in [0.1, 0.15) is 0 Å². The number of rotatable bonds is 4. The normalized spacial score (nSPS) is 28.7. The molecule has 1 rings (SSSR count). The van der Waals surface area contributed by atoms with Crippen LogP contribution in [0.5, 0.6) is 0 Å². The van der Waals surface area contributed by atoms with Crippen molar-refractivity contribution in [2.45, 2.75) is 51.7 Å². The zero-order valence-electron chi connectivity index (χ0n) is 9.82. The van der Waals surface area contributed by atoms with E-state index >= 15 is 0 Å². The first-order chi connectivity index (χ1) is 7.19. The van der Waals surface area contributed by atoms with E-state index in [1.54, 1.807) is 0 Å². The number of nitrogens with zero attached hydrogens (tertiary/aromatic N) is 2. The fourth-order valence-electron chi connectivity index (χ4n) is 2.41. The van der Waals surface area contributed by atoms with Gasteiger partial charge in [0.05, 0.1) is 18.1 Å². The third kappa shape index (κ3) is 3.48. The Balaban J connectivity index is 2.52. The van der Waals surface area contributed by atoms with Gasteiger partial charge in [-0.25, -0.2) is 0 Å². The first-order valence-corrected chi connectivity index (χ1v) is 6.00. The van der Waals surface area contributed by atoms with Crippen molar-refractivity contribution in [2.75, 3.05) is 13.1 Å². The smallest absolute Gasteiger partial charge is 0.0695 e. The van der Waals surface area contributed by atoms with Crippen LogP contribution in [0.2, 0.25) is 0 Å². The summed E-state index contributed by atoms with van der Waals surface area (Å²) in [5.74, 6) is 0.0547. The highest BCUT2D eigenvalue weighted by Gasteiger charge is 2.28. The number of aliphatic hydroxyl groups excluding tert-OH is 1. The average Bonchev–Trinajstić information content (AvgIpc) is 2.26. The fourth-order valence-corrected chi connectivity index (χ4v) is 2.41. The molecule has 3 nitrogen and oxygen atoms in total. The lowest BCUT2D eigenvalue weighted by Gasteiger charge is -2.37. The summed E-state index contributed by atoms with van der Waals surface area (Å²) in [6, 6.07) is 2.54. The van der Waals surface area contributed by atoms with E-state index in [1.807, 2.05) is 6.92 Å². The molecule has 0 radical (unpaired) electrons. The molecule has 1 aliphatic rings. The van der Waals surface area contributed by atoms with Gasteiger partial charge >= 0.3 is 0 Å². The Bertz CT molecular complexity index is 224. The number of aliphatic hydroxyl groups is 1. The molecule has 1 N–H and O–H groups in total. The van der Waals surface area contributed by atoms with Crippen LogP contribution in [0, 0.1) is 17.2 Å². The predicted octanol–water partition coefficient (Wildman–Crippen LogP) is 1.77. The standard InChI is InChI=1S/C12H22N2O/c1-3-14(9-10(2)8-13)11-6-4-5-7-12(11)15/h10-12,15H,3-7,9H2,1-2H3/t10?,11-,12-/m1/s1. The van der Waals surface area contributed by atoms with E-state index < -0.39 is 0 Å². The summed E-state index contributed by atoms with van der Waals surface area (Å²) >= 11 is 0. The third-order valence-electron chi connectivity index (χ3n) is 3.30. The van der Waals surface area contributed by atoms with E-state index in [9.17, 15) is 5.11 Å². The van der Waals surface area contributed by atoms with Gasteiger partial charge in [-0.3, -0.25) is 4.90 Å². The van der Waals surface area contributed by atoms with Crippen LogP contribution in [0.4, 0.5) is 0 Å². The predicted molar refractivity (Wildman–Crippen MR) is 60.3 cm³/mol. The van der Waals surface area contributed by atoms with Crippen LogP contribution in [0.15, 0.2) is 0 Å². The molecule has 1 saturated carbocycles. The molecule has 0 aromatic rings. The van der Waals surface area contributed by atoms with Gasteiger partial charge in [0.15, 0.2) is 0 Å². The van der Waals surface area contributed by atoms with Crippen molar-refractivity contribution in [3.8, 4) is 6.07 Å². The molecule has 0 bridgehead atoms. The van der Waals surface area contributed by atoms with Crippen molar-refractivity contribution in [1.82, 2.24) is 4.90 Å². The largest absolute Gasteiger partial charge is 0.391 e. The Labute approximate surface area is 92.7 Å². The van der Waals surface area contributed by atoms with E-state index in [0.29, 0.717) is 0 Å². The van der Waals surface area contributed by atoms with E-state index in [-0.39, 0.29) is 18.1 Å². The van der Waals surface area contributed by atoms with Crippen LogP contribution in [0.3, 0.4) is 0 Å². The summed E-state index contributed by atoms with van der Waals surface area (Å²) in [4.78, 5) is 2.26. The summed E-state index contributed by atoms with van der Waals surface area (Å²) < 4.78 is 0. The van der Waals surface area contributed by atoms with Gasteiger partial charge in [-0.15, -0.1) is 0 Å². The van der Waals surface area contributed by atoms with E-state index in [0.717, 1.165) is 32.4 Å². The van der Waals surface area contributed by atoms with Crippen molar-refractivity contribution in [3.05, 3.63) is 0 Å². The molecule has 1 fully saturated rings. The summed E-state index contributed by atoms with van der Waals surface area (Å²) in [5.41, 5.74) is 0. The number of hydrogen-bond acceptors (Lipinski definition) is 3. The minimum Gasteiger partial charge on any atom is -0.391 e. The lowest BCUT2D eigenvalue weighted by Crippen LogP contribution is -2.46. The first-order valence-electron chi connectivity index (χ1n) is 6.00. The third-order valence-corrected chi connectivity index (χ3v) is 3.30. The number of likely N-dealkylation sites (N-methyl/N-ethyl adjacent to an activating group) is 1. The Kier molecular flexibility index (Phi) is 5.07. The second kappa shape index (κ2) is 6.09. The molecular weight excluding hydrogens is 188 g/mol. The monoisotopic (exact) mass is 210 g/mol. The van der Waals surface area contributed by atoms with Crippen molar-refractivity contribution in [1.29, 1.82) is 5.26 Å². The highest BCUT2D eigenvalue weighted by atomic mass is 16.3. The molecule has 3 heteroatoms. The fraction of sp³-hybridized carbons (Fsp3) is 0.917. The molecule has 0 spiro atoms. The number of nitriles is 1. The van der Waals surface area contributed by atoms with Crippen LogP contribution in [-0.4, -0.2) is 35.2 Å². The lowest BCUT2D eigenvalue weighted by molar-refractivity contribution is 0.0189. The maximum Gasteiger partial charge on any atom is 0.0695 e. The molecule has 0 heterocycles. The molecule has 0 aliphatic heterocycles. The molecule has 3 atom stereocenters. The van der Waals surface area contributed by atoms with E-state index in [4.69, 9.17) is 5.26 Å². The van der Waals surface area contributed by atoms with Crippen LogP contribution < -0.4 is 0 Å². The zero-order chi connectivity index (χ0) is 11.3. The summed E-state index contributed by atoms with van der Waals surface area (Å²) in [6.45, 7) is 5.76. The maximum atomic E-state index is 9.93. The molecule has 1 unspecified atom stereocenters. The van der Waals surface area contributed by atoms with Gasteiger partial charge in [0.2, 0.25) is 0 Å². The van der Waals surface area contributed by atoms with Crippen LogP contribution in [0.1, 0.15) is 39.5 Å². The second-order valence-corrected chi connectivity index (χ2v) is 4.54. The van der Waals surface area contributed by atoms with Crippen LogP contribution in [-0.2, 0) is 0 Å². The van der Waals surface area contributed by atoms with Gasteiger partial charge < -0.3 is 5.11 Å². The van der Waals surface area contributed by atoms with Crippen molar-refractivity contribution in [2.24, 2.45) is 5.92 Å². The summed E-state index contributed by atoms with van der Waals surface area (Å²) in [7, 11) is 0. The summed E-state index contributed by atoms with van der Waals surface area (Å²) in [5, 5.41) is 18.7. The zero-order valence-corrected chi connectivity index (χ0v) is 9.82. The van der Waals surface area contributed by atoms with Crippen molar-refractivity contribution < 1.29 is 5.11 Å². The lowest BCUT2D eigenvalue weighted by atomic mass is 9.91. The topological polar surface area (TPSA) is 47.3 Å². The van der Waals surface area contributed by atoms with Gasteiger partial charge in [-0.2, -0.15) is 5.26 Å². The van der Waals surface area contributed by atoms with E-state index in [2.05, 4.69) is 17.9 Å². The molecule has 0 aromatic heterocycles. The molecule has 0 saturated heterocycles. The molecule has 15 heavy (non-hydrogen) atoms. The van der Waals surface area contributed by atoms with Crippen molar-refractivity contribution in [3.63, 3.8) is 0 Å². The van der Waals surface area contributed by atoms with Gasteiger partial charge in [0, 0.05) is 12.6 Å². The van der Waals surface area contributed by atoms with Gasteiger partial charge in [0.25, 0.3) is 0 Å². The molecule has 86 valence electrons. The molecule has 1 aliphatic carbocycles. The van der Waals surface area contributed by atoms with Crippen LogP contribution >= 0.6 is 0 Å². The number of hydrogen-bond donors (Lipinski definition) is 1. The summed E-state index contributed by atoms with van der Waals surface area (Å²) in [6.07, 6.45) is 4.15. The van der Waals surface area contributed by atoms with E-state index in [1.165, 1.54) is 6.42 Å². The first kappa shape index (κ1) is 12.5. The SMILES string of the molecule is CCN(CC(C)C#N)[C@@H]1CCCC[C@H]1O. The second-order valence-electron chi connectivity index (χ2n) is 4.54. The minimum atomic E-state index is -0.190. The Morgan fingerprint density at radius 2 is 2.13 bits per heavy atom. The van der Waals surface area contributed by atoms with Gasteiger partial charge in [-0.1, -0.05) is 19.8 Å². The minimum absolute atomic E-state index is 0.0547. The van der Waals surface area contributed by atoms with Gasteiger partial charge in [-0.05, 0) is 26.3 Å². The highest BCUT2D eigenvalue weighted by molar-refractivity contribution is 4.87. The van der Waals surface area contributed by atoms with Crippen molar-refractivity contribution >= 4 is 0 Å². The Hall–Kier alpha value is -0.590. The molecule has 0 amide bonds. The van der Waals surface area contributed by atoms with Crippen LogP contribution in [0.25, 0.3) is 0 Å². The Morgan fingerprint density at radius 3 is 2.67 bits per heavy atom. The average molecular weight is 210 g/mol.